The van der Waals surface area contributed by atoms with Gasteiger partial charge in [-0.1, -0.05) is 26.7 Å². The monoisotopic (exact) mass is 294 g/mol. The van der Waals surface area contributed by atoms with Crippen LogP contribution in [0.2, 0.25) is 0 Å². The van der Waals surface area contributed by atoms with Gasteiger partial charge in [-0.15, -0.1) is 11.3 Å². The quantitative estimate of drug-likeness (QED) is 0.823. The van der Waals surface area contributed by atoms with Crippen molar-refractivity contribution in [3.63, 3.8) is 0 Å². The van der Waals surface area contributed by atoms with E-state index in [2.05, 4.69) is 24.1 Å². The Bertz CT molecular complexity index is 441. The molecule has 1 aliphatic heterocycles. The fourth-order valence-corrected chi connectivity index (χ4v) is 3.70. The van der Waals surface area contributed by atoms with Crippen LogP contribution in [0.3, 0.4) is 0 Å². The number of likely N-dealkylation sites (tertiary alicyclic amines) is 1. The summed E-state index contributed by atoms with van der Waals surface area (Å²) in [6, 6.07) is 0.416. The van der Waals surface area contributed by atoms with Crippen molar-refractivity contribution in [3.05, 3.63) is 16.1 Å². The molecule has 1 aromatic rings. The Morgan fingerprint density at radius 1 is 1.45 bits per heavy atom. The summed E-state index contributed by atoms with van der Waals surface area (Å²) in [6.45, 7) is 8.09. The summed E-state index contributed by atoms with van der Waals surface area (Å²) < 4.78 is 0. The van der Waals surface area contributed by atoms with Gasteiger partial charge < -0.3 is 0 Å². The first kappa shape index (κ1) is 15.6. The number of hydrogen-bond acceptors (Lipinski definition) is 4. The van der Waals surface area contributed by atoms with Crippen LogP contribution in [0, 0.1) is 0 Å². The number of aromatic nitrogens is 1. The van der Waals surface area contributed by atoms with Crippen LogP contribution < -0.4 is 0 Å². The minimum absolute atomic E-state index is 0.308. The molecule has 1 aromatic heterocycles. The molecule has 0 saturated carbocycles. The predicted octanol–water partition coefficient (Wildman–Crippen LogP) is 3.99. The summed E-state index contributed by atoms with van der Waals surface area (Å²) in [4.78, 5) is 18.7. The van der Waals surface area contributed by atoms with Crippen LogP contribution in [-0.2, 0) is 11.3 Å². The number of ketones is 1. The molecule has 1 atom stereocenters. The van der Waals surface area contributed by atoms with Crippen molar-refractivity contribution >= 4 is 17.1 Å². The molecular weight excluding hydrogens is 268 g/mol. The Hall–Kier alpha value is -0.740. The molecule has 1 fully saturated rings. The second kappa shape index (κ2) is 7.32. The maximum absolute atomic E-state index is 11.5. The van der Waals surface area contributed by atoms with Crippen LogP contribution in [0.1, 0.15) is 69.5 Å². The average molecular weight is 294 g/mol. The molecule has 0 aliphatic carbocycles. The van der Waals surface area contributed by atoms with Crippen LogP contribution in [-0.4, -0.2) is 28.3 Å². The van der Waals surface area contributed by atoms with Gasteiger partial charge in [0.05, 0.1) is 10.7 Å². The average Bonchev–Trinajstić information content (AvgIpc) is 2.74. The van der Waals surface area contributed by atoms with Crippen LogP contribution >= 0.6 is 11.3 Å². The maximum Gasteiger partial charge on any atom is 0.131 e. The maximum atomic E-state index is 11.5. The summed E-state index contributed by atoms with van der Waals surface area (Å²) in [6.07, 6.45) is 5.64. The molecule has 3 nitrogen and oxygen atoms in total. The lowest BCUT2D eigenvalue weighted by Gasteiger charge is -2.28. The van der Waals surface area contributed by atoms with E-state index in [4.69, 9.17) is 4.98 Å². The molecule has 0 aromatic carbocycles. The molecule has 1 unspecified atom stereocenters. The summed E-state index contributed by atoms with van der Waals surface area (Å²) in [5.74, 6) is 0.814. The highest BCUT2D eigenvalue weighted by Crippen LogP contribution is 2.24. The molecule has 0 N–H and O–H groups in total. The van der Waals surface area contributed by atoms with Gasteiger partial charge in [0.2, 0.25) is 0 Å². The molecule has 4 heteroatoms. The van der Waals surface area contributed by atoms with Gasteiger partial charge >= 0.3 is 0 Å². The molecule has 0 amide bonds. The molecular formula is C16H26N2OS. The van der Waals surface area contributed by atoms with Crippen LogP contribution in [0.4, 0.5) is 0 Å². The largest absolute Gasteiger partial charge is 0.300 e. The molecule has 0 bridgehead atoms. The second-order valence-electron chi connectivity index (χ2n) is 6.21. The minimum atomic E-state index is 0.308. The van der Waals surface area contributed by atoms with E-state index in [1.165, 1.54) is 30.0 Å². The number of hydrogen-bond donors (Lipinski definition) is 0. The molecule has 1 saturated heterocycles. The van der Waals surface area contributed by atoms with E-state index >= 15 is 0 Å². The first-order chi connectivity index (χ1) is 9.56. The number of Topliss-reactive ketones (excluding diaryl/α,β-unsaturated/α-hetero) is 1. The fraction of sp³-hybridized carbons (Fsp3) is 0.750. The van der Waals surface area contributed by atoms with Crippen LogP contribution in [0.5, 0.6) is 0 Å². The lowest BCUT2D eigenvalue weighted by atomic mass is 10.0. The number of thiazole rings is 1. The van der Waals surface area contributed by atoms with Gasteiger partial charge in [0.1, 0.15) is 5.78 Å². The van der Waals surface area contributed by atoms with Crippen LogP contribution in [0.25, 0.3) is 0 Å². The SMILES string of the molecule is CC(=O)CC1CCCCCN1Cc1csc(C(C)C)n1. The molecule has 20 heavy (non-hydrogen) atoms. The summed E-state index contributed by atoms with van der Waals surface area (Å²) in [5, 5.41) is 3.41. The molecule has 2 heterocycles. The third-order valence-electron chi connectivity index (χ3n) is 3.95. The number of rotatable bonds is 5. The number of nitrogens with zero attached hydrogens (tertiary/aromatic N) is 2. The van der Waals surface area contributed by atoms with E-state index in [0.29, 0.717) is 24.2 Å². The lowest BCUT2D eigenvalue weighted by molar-refractivity contribution is -0.118. The second-order valence-corrected chi connectivity index (χ2v) is 7.10. The van der Waals surface area contributed by atoms with Crippen molar-refractivity contribution in [2.24, 2.45) is 0 Å². The standard InChI is InChI=1S/C16H26N2OS/c1-12(2)16-17-14(11-20-16)10-18-8-6-4-5-7-15(18)9-13(3)19/h11-12,15H,4-10H2,1-3H3. The van der Waals surface area contributed by atoms with Crippen molar-refractivity contribution in [1.82, 2.24) is 9.88 Å². The predicted molar refractivity (Wildman–Crippen MR) is 84.2 cm³/mol. The van der Waals surface area contributed by atoms with Crippen LogP contribution in [0.15, 0.2) is 5.38 Å². The van der Waals surface area contributed by atoms with E-state index in [0.717, 1.165) is 19.5 Å². The van der Waals surface area contributed by atoms with E-state index in [-0.39, 0.29) is 0 Å². The van der Waals surface area contributed by atoms with E-state index < -0.39 is 0 Å². The Balaban J connectivity index is 2.04. The number of carbonyl (C=O) groups excluding carboxylic acids is 1. The van der Waals surface area contributed by atoms with Crippen molar-refractivity contribution in [2.75, 3.05) is 6.54 Å². The van der Waals surface area contributed by atoms with Crippen molar-refractivity contribution in [1.29, 1.82) is 0 Å². The topological polar surface area (TPSA) is 33.2 Å². The third-order valence-corrected chi connectivity index (χ3v) is 5.14. The van der Waals surface area contributed by atoms with Gasteiger partial charge in [0.25, 0.3) is 0 Å². The van der Waals surface area contributed by atoms with E-state index in [9.17, 15) is 4.79 Å². The smallest absolute Gasteiger partial charge is 0.131 e. The molecule has 0 radical (unpaired) electrons. The van der Waals surface area contributed by atoms with E-state index in [1.807, 2.05) is 0 Å². The Morgan fingerprint density at radius 2 is 2.25 bits per heavy atom. The normalized spacial score (nSPS) is 21.1. The highest BCUT2D eigenvalue weighted by Gasteiger charge is 2.23. The van der Waals surface area contributed by atoms with Crippen molar-refractivity contribution in [2.45, 2.75) is 71.4 Å². The number of carbonyl (C=O) groups is 1. The molecule has 112 valence electrons. The van der Waals surface area contributed by atoms with Gasteiger partial charge in [-0.05, 0) is 26.3 Å². The molecule has 2 rings (SSSR count). The zero-order valence-corrected chi connectivity index (χ0v) is 13.7. The van der Waals surface area contributed by atoms with Gasteiger partial charge in [0, 0.05) is 30.3 Å². The van der Waals surface area contributed by atoms with Gasteiger partial charge in [-0.2, -0.15) is 0 Å². The zero-order valence-electron chi connectivity index (χ0n) is 12.9. The first-order valence-electron chi connectivity index (χ1n) is 7.74. The summed E-state index contributed by atoms with van der Waals surface area (Å²) in [7, 11) is 0. The van der Waals surface area contributed by atoms with Gasteiger partial charge in [-0.25, -0.2) is 4.98 Å². The minimum Gasteiger partial charge on any atom is -0.300 e. The lowest BCUT2D eigenvalue weighted by Crippen LogP contribution is -2.35. The summed E-state index contributed by atoms with van der Waals surface area (Å²) >= 11 is 1.76. The highest BCUT2D eigenvalue weighted by atomic mass is 32.1. The van der Waals surface area contributed by atoms with E-state index in [1.54, 1.807) is 18.3 Å². The van der Waals surface area contributed by atoms with Crippen molar-refractivity contribution in [3.8, 4) is 0 Å². The first-order valence-corrected chi connectivity index (χ1v) is 8.62. The molecule has 1 aliphatic rings. The molecule has 0 spiro atoms. The Kier molecular flexibility index (Phi) is 5.73. The van der Waals surface area contributed by atoms with Gasteiger partial charge in [-0.3, -0.25) is 9.69 Å². The van der Waals surface area contributed by atoms with Crippen molar-refractivity contribution < 1.29 is 4.79 Å². The Labute approximate surface area is 126 Å². The zero-order chi connectivity index (χ0) is 14.5. The highest BCUT2D eigenvalue weighted by molar-refractivity contribution is 7.09. The Morgan fingerprint density at radius 3 is 2.90 bits per heavy atom. The third kappa shape index (κ3) is 4.38. The van der Waals surface area contributed by atoms with Gasteiger partial charge in [0.15, 0.2) is 0 Å². The summed E-state index contributed by atoms with van der Waals surface area (Å²) in [5.41, 5.74) is 1.18. The fourth-order valence-electron chi connectivity index (χ4n) is 2.88.